The second-order valence-electron chi connectivity index (χ2n) is 18.7. The van der Waals surface area contributed by atoms with E-state index in [1.165, 1.54) is 20.4 Å². The molecule has 4 rings (SSSR count). The van der Waals surface area contributed by atoms with Crippen molar-refractivity contribution >= 4 is 5.97 Å². The highest BCUT2D eigenvalue weighted by Gasteiger charge is 2.54. The minimum atomic E-state index is -1.93. The highest BCUT2D eigenvalue weighted by atomic mass is 16.7. The van der Waals surface area contributed by atoms with Gasteiger partial charge in [-0.25, -0.2) is 4.98 Å². The summed E-state index contributed by atoms with van der Waals surface area (Å²) in [5.74, 6) is -3.43. The van der Waals surface area contributed by atoms with Crippen LogP contribution < -0.4 is 0 Å². The highest BCUT2D eigenvalue weighted by Crippen LogP contribution is 2.42. The van der Waals surface area contributed by atoms with Crippen molar-refractivity contribution in [1.82, 2.24) is 20.1 Å². The zero-order valence-corrected chi connectivity index (χ0v) is 37.8. The Morgan fingerprint density at radius 2 is 1.63 bits per heavy atom. The number of carbonyl (C=O) groups is 1. The van der Waals surface area contributed by atoms with Crippen LogP contribution in [0.1, 0.15) is 115 Å². The fourth-order valence-electron chi connectivity index (χ4n) is 9.64. The Bertz CT molecular complexity index is 1450. The van der Waals surface area contributed by atoms with Crippen LogP contribution in [0.25, 0.3) is 0 Å². The summed E-state index contributed by atoms with van der Waals surface area (Å²) in [7, 11) is 3.44. The van der Waals surface area contributed by atoms with E-state index in [-0.39, 0.29) is 44.1 Å². The maximum Gasteiger partial charge on any atom is 0.311 e. The number of rotatable bonds is 11. The van der Waals surface area contributed by atoms with Gasteiger partial charge >= 0.3 is 5.97 Å². The number of aliphatic hydroxyl groups excluding tert-OH is 3. The average Bonchev–Trinajstić information content (AvgIpc) is 3.69. The van der Waals surface area contributed by atoms with Gasteiger partial charge in [-0.05, 0) is 87.6 Å². The summed E-state index contributed by atoms with van der Waals surface area (Å²) in [5.41, 5.74) is -4.72. The van der Waals surface area contributed by atoms with Crippen molar-refractivity contribution in [3.63, 3.8) is 0 Å². The van der Waals surface area contributed by atoms with Crippen molar-refractivity contribution in [2.45, 2.75) is 212 Å². The van der Waals surface area contributed by atoms with Gasteiger partial charge in [0.05, 0.1) is 53.7 Å². The molecular weight excluding hydrogens is 768 g/mol. The Morgan fingerprint density at radius 1 is 0.966 bits per heavy atom. The van der Waals surface area contributed by atoms with E-state index in [9.17, 15) is 30.3 Å². The topological polar surface area (TPSA) is 228 Å². The molecule has 17 heteroatoms. The zero-order chi connectivity index (χ0) is 44.4. The van der Waals surface area contributed by atoms with Crippen LogP contribution in [0.3, 0.4) is 0 Å². The molecule has 0 bridgehead atoms. The number of ether oxygens (including phenoxy) is 7. The van der Waals surface area contributed by atoms with Crippen LogP contribution >= 0.6 is 0 Å². The van der Waals surface area contributed by atoms with Gasteiger partial charge in [-0.1, -0.05) is 27.7 Å². The van der Waals surface area contributed by atoms with E-state index in [1.807, 2.05) is 34.7 Å². The van der Waals surface area contributed by atoms with E-state index in [4.69, 9.17) is 33.2 Å². The van der Waals surface area contributed by atoms with Crippen molar-refractivity contribution in [1.29, 1.82) is 0 Å². The third-order valence-corrected chi connectivity index (χ3v) is 13.6. The number of esters is 1. The molecule has 1 aromatic heterocycles. The molecule has 0 aromatic carbocycles. The van der Waals surface area contributed by atoms with Gasteiger partial charge in [0, 0.05) is 37.5 Å². The van der Waals surface area contributed by atoms with Gasteiger partial charge in [-0.15, -0.1) is 0 Å². The second kappa shape index (κ2) is 20.1. The first kappa shape index (κ1) is 49.8. The lowest BCUT2D eigenvalue weighted by molar-refractivity contribution is -0.319. The smallest absolute Gasteiger partial charge is 0.311 e. The number of aromatic amines is 1. The number of aromatic nitrogens is 3. The fourth-order valence-corrected chi connectivity index (χ4v) is 9.64. The lowest BCUT2D eigenvalue weighted by Gasteiger charge is -2.50. The number of H-pyrrole nitrogens is 1. The quantitative estimate of drug-likeness (QED) is 0.176. The van der Waals surface area contributed by atoms with Crippen LogP contribution in [0.5, 0.6) is 0 Å². The maximum atomic E-state index is 14.4. The van der Waals surface area contributed by atoms with Crippen LogP contribution in [0, 0.1) is 23.7 Å². The van der Waals surface area contributed by atoms with Gasteiger partial charge in [-0.3, -0.25) is 14.8 Å². The molecule has 59 heavy (non-hydrogen) atoms. The average molecular weight is 845 g/mol. The van der Waals surface area contributed by atoms with Crippen molar-refractivity contribution in [3.8, 4) is 0 Å². The highest BCUT2D eigenvalue weighted by molar-refractivity contribution is 5.73. The van der Waals surface area contributed by atoms with E-state index in [2.05, 4.69) is 20.1 Å². The molecule has 3 fully saturated rings. The van der Waals surface area contributed by atoms with Crippen LogP contribution in [0.15, 0.2) is 6.33 Å². The van der Waals surface area contributed by atoms with Gasteiger partial charge in [0.15, 0.2) is 12.6 Å². The number of aliphatic hydroxyl groups is 5. The van der Waals surface area contributed by atoms with Crippen molar-refractivity contribution in [2.24, 2.45) is 23.7 Å². The Hall–Kier alpha value is -1.87. The van der Waals surface area contributed by atoms with E-state index < -0.39 is 108 Å². The molecule has 6 N–H and O–H groups in total. The van der Waals surface area contributed by atoms with Crippen LogP contribution in [0.2, 0.25) is 0 Å². The first-order chi connectivity index (χ1) is 27.4. The molecule has 0 radical (unpaired) electrons. The second-order valence-corrected chi connectivity index (χ2v) is 18.7. The number of methoxy groups -OCH3 is 1. The molecule has 0 aliphatic carbocycles. The maximum absolute atomic E-state index is 14.4. The summed E-state index contributed by atoms with van der Waals surface area (Å²) in [6.45, 7) is 21.3. The van der Waals surface area contributed by atoms with E-state index in [1.54, 1.807) is 48.5 Å². The lowest BCUT2D eigenvalue weighted by Crippen LogP contribution is -2.62. The first-order valence-corrected chi connectivity index (χ1v) is 21.4. The monoisotopic (exact) mass is 845 g/mol. The van der Waals surface area contributed by atoms with Crippen LogP contribution in [-0.2, 0) is 44.6 Å². The van der Waals surface area contributed by atoms with Crippen LogP contribution in [0.4, 0.5) is 0 Å². The normalized spacial score (nSPS) is 45.9. The van der Waals surface area contributed by atoms with Gasteiger partial charge < -0.3 is 58.7 Å². The van der Waals surface area contributed by atoms with Gasteiger partial charge in [0.1, 0.15) is 42.7 Å². The summed E-state index contributed by atoms with van der Waals surface area (Å²) in [6.07, 6.45) is -8.68. The largest absolute Gasteiger partial charge is 0.459 e. The Kier molecular flexibility index (Phi) is 17.0. The van der Waals surface area contributed by atoms with Gasteiger partial charge in [0.25, 0.3) is 0 Å². The van der Waals surface area contributed by atoms with Crippen molar-refractivity contribution in [2.75, 3.05) is 14.2 Å². The third-order valence-electron chi connectivity index (χ3n) is 13.6. The number of likely N-dealkylation sites (N-methyl/N-ethyl adjacent to an activating group) is 1. The van der Waals surface area contributed by atoms with Crippen LogP contribution in [-0.4, -0.2) is 162 Å². The summed E-state index contributed by atoms with van der Waals surface area (Å²) in [4.78, 5) is 20.7. The molecule has 0 amide bonds. The summed E-state index contributed by atoms with van der Waals surface area (Å²) in [6, 6.07) is -0.219. The minimum Gasteiger partial charge on any atom is -0.459 e. The number of hydrogen-bond acceptors (Lipinski definition) is 16. The number of hydrogen-bond donors (Lipinski definition) is 6. The van der Waals surface area contributed by atoms with E-state index in [0.717, 1.165) is 0 Å². The summed E-state index contributed by atoms with van der Waals surface area (Å²) < 4.78 is 44.4. The zero-order valence-electron chi connectivity index (χ0n) is 37.8. The van der Waals surface area contributed by atoms with Crippen molar-refractivity contribution < 1.29 is 63.5 Å². The molecule has 0 spiro atoms. The molecule has 4 heterocycles. The molecule has 17 nitrogen and oxygen atoms in total. The summed E-state index contributed by atoms with van der Waals surface area (Å²) in [5, 5.41) is 66.4. The van der Waals surface area contributed by atoms with E-state index in [0.29, 0.717) is 12.2 Å². The summed E-state index contributed by atoms with van der Waals surface area (Å²) >= 11 is 0. The lowest BCUT2D eigenvalue weighted by atomic mass is 9.73. The SMILES string of the molecule is CC[C@H]1OC(=O)[C@H](C)[C@@H](O[C@H]2C[C@@](C)(OC)[C@@H](O)[C@H](C)O2)[C@H](C)[C@@H](O[C@@H]2O[C@H](C)C[C@H](N(C)C(C)C)[C@H]2O)[C@](C)(O)C[C@@H](C)[C@H](OCc2ncn[nH]2)[C@H](C)[C@@H](O)[C@]1(C)O. The predicted octanol–water partition coefficient (Wildman–Crippen LogP) is 2.70. The Labute approximate surface area is 350 Å². The minimum absolute atomic E-state index is 0.00798. The molecule has 1 aromatic rings. The number of cyclic esters (lactones) is 1. The molecule has 342 valence electrons. The fraction of sp³-hybridized carbons (Fsp3) is 0.929. The van der Waals surface area contributed by atoms with Gasteiger partial charge in [0.2, 0.25) is 0 Å². The van der Waals surface area contributed by atoms with Crippen molar-refractivity contribution in [3.05, 3.63) is 12.2 Å². The third kappa shape index (κ3) is 11.2. The molecule has 0 unspecified atom stereocenters. The standard InChI is InChI=1S/C42H76N4O13/c1-15-29-42(12,52)35(48)24(6)33(54-19-30-43-20-44-45-30)22(4)17-40(10,51)37(59-39-32(47)28(16-23(5)55-39)46(13)21(2)3)25(7)34(26(8)38(50)57-29)58-31-18-41(11,53-14)36(49)27(9)56-31/h20-29,31-37,39,47-49,51-52H,15-19H2,1-14H3,(H,43,44,45)/t22-,23-,24+,25+,26-,27+,28+,29-,31+,32-,33+,34+,35-,36+,37-,39+,40-,41-,42-/m1/s1. The first-order valence-electron chi connectivity index (χ1n) is 21.4. The molecule has 3 aliphatic rings. The molecular formula is C42H76N4O13. The number of nitrogens with one attached hydrogen (secondary N) is 1. The Morgan fingerprint density at radius 3 is 2.20 bits per heavy atom. The molecule has 0 saturated carbocycles. The van der Waals surface area contributed by atoms with Gasteiger partial charge in [-0.2, -0.15) is 5.10 Å². The number of nitrogens with zero attached hydrogens (tertiary/aromatic N) is 3. The predicted molar refractivity (Wildman–Crippen MR) is 215 cm³/mol. The molecule has 3 saturated heterocycles. The molecule has 19 atom stereocenters. The Balaban J connectivity index is 1.86. The number of carbonyl (C=O) groups excluding carboxylic acids is 1. The molecule has 3 aliphatic heterocycles. The van der Waals surface area contributed by atoms with E-state index >= 15 is 0 Å².